The van der Waals surface area contributed by atoms with Gasteiger partial charge in [0.05, 0.1) is 23.0 Å². The number of nitrogens with zero attached hydrogens (tertiary/aromatic N) is 1. The molecule has 0 aliphatic carbocycles. The summed E-state index contributed by atoms with van der Waals surface area (Å²) in [4.78, 5) is 37.2. The minimum Gasteiger partial charge on any atom is -0.452 e. The first-order valence-corrected chi connectivity index (χ1v) is 9.71. The molecule has 0 spiro atoms. The number of para-hydroxylation sites is 1. The average molecular weight is 421 g/mol. The van der Waals surface area contributed by atoms with Crippen molar-refractivity contribution in [1.29, 1.82) is 0 Å². The molecule has 0 bridgehead atoms. The first-order valence-electron chi connectivity index (χ1n) is 9.71. The van der Waals surface area contributed by atoms with Crippen molar-refractivity contribution in [2.75, 3.05) is 11.9 Å². The number of amides is 2. The maximum absolute atomic E-state index is 12.8. The van der Waals surface area contributed by atoms with E-state index in [1.807, 2.05) is 37.3 Å². The molecule has 8 heteroatoms. The summed E-state index contributed by atoms with van der Waals surface area (Å²) in [6, 6.07) is 16.0. The standard InChI is InChI=1S/C23H23N3O5/c1-14(17-9-5-4-6-10-17)24-22(28)18-11-7-8-12-19(18)25-20(27)13-30-23(29)21-15(2)26-31-16(21)3/h4-12,14H,13H2,1-3H3,(H,24,28)(H,25,27)/t14-/m0/s1. The molecule has 0 saturated heterocycles. The van der Waals surface area contributed by atoms with Gasteiger partial charge in [-0.25, -0.2) is 4.79 Å². The molecule has 160 valence electrons. The van der Waals surface area contributed by atoms with E-state index in [9.17, 15) is 14.4 Å². The first kappa shape index (κ1) is 21.8. The number of nitrogens with one attached hydrogen (secondary N) is 2. The number of anilines is 1. The molecule has 1 aromatic heterocycles. The molecule has 0 radical (unpaired) electrons. The van der Waals surface area contributed by atoms with Gasteiger partial charge in [-0.15, -0.1) is 0 Å². The lowest BCUT2D eigenvalue weighted by atomic mass is 10.1. The number of hydrogen-bond donors (Lipinski definition) is 2. The number of benzene rings is 2. The van der Waals surface area contributed by atoms with Crippen molar-refractivity contribution >= 4 is 23.5 Å². The van der Waals surface area contributed by atoms with Crippen molar-refractivity contribution in [1.82, 2.24) is 10.5 Å². The zero-order chi connectivity index (χ0) is 22.4. The van der Waals surface area contributed by atoms with Gasteiger partial charge in [-0.05, 0) is 38.5 Å². The summed E-state index contributed by atoms with van der Waals surface area (Å²) in [5.41, 5.74) is 2.16. The number of carbonyl (C=O) groups excluding carboxylic acids is 3. The predicted molar refractivity (Wildman–Crippen MR) is 114 cm³/mol. The average Bonchev–Trinajstić information content (AvgIpc) is 3.11. The van der Waals surface area contributed by atoms with Gasteiger partial charge >= 0.3 is 5.97 Å². The Morgan fingerprint density at radius 3 is 2.39 bits per heavy atom. The van der Waals surface area contributed by atoms with E-state index in [0.29, 0.717) is 22.7 Å². The second-order valence-electron chi connectivity index (χ2n) is 6.97. The van der Waals surface area contributed by atoms with Gasteiger partial charge in [-0.3, -0.25) is 9.59 Å². The predicted octanol–water partition coefficient (Wildman–Crippen LogP) is 3.58. The Morgan fingerprint density at radius 1 is 1.03 bits per heavy atom. The molecule has 0 unspecified atom stereocenters. The topological polar surface area (TPSA) is 111 Å². The number of hydrogen-bond acceptors (Lipinski definition) is 6. The van der Waals surface area contributed by atoms with Gasteiger partial charge in [0.15, 0.2) is 6.61 Å². The van der Waals surface area contributed by atoms with Gasteiger partial charge < -0.3 is 19.9 Å². The molecule has 0 aliphatic rings. The number of aryl methyl sites for hydroxylation is 2. The number of esters is 1. The van der Waals surface area contributed by atoms with Crippen LogP contribution in [0.1, 0.15) is 50.7 Å². The molecule has 31 heavy (non-hydrogen) atoms. The Morgan fingerprint density at radius 2 is 1.71 bits per heavy atom. The van der Waals surface area contributed by atoms with Gasteiger partial charge in [-0.1, -0.05) is 47.6 Å². The van der Waals surface area contributed by atoms with Crippen LogP contribution in [0.5, 0.6) is 0 Å². The summed E-state index contributed by atoms with van der Waals surface area (Å²) in [7, 11) is 0. The van der Waals surface area contributed by atoms with Crippen molar-refractivity contribution in [3.05, 3.63) is 82.7 Å². The van der Waals surface area contributed by atoms with Crippen LogP contribution < -0.4 is 10.6 Å². The highest BCUT2D eigenvalue weighted by molar-refractivity contribution is 6.04. The Kier molecular flexibility index (Phi) is 6.81. The van der Waals surface area contributed by atoms with E-state index in [4.69, 9.17) is 9.26 Å². The van der Waals surface area contributed by atoms with E-state index in [1.165, 1.54) is 0 Å². The van der Waals surface area contributed by atoms with Crippen LogP contribution >= 0.6 is 0 Å². The molecule has 3 aromatic rings. The van der Waals surface area contributed by atoms with Crippen LogP contribution in [-0.2, 0) is 9.53 Å². The fourth-order valence-electron chi connectivity index (χ4n) is 3.05. The van der Waals surface area contributed by atoms with Gasteiger partial charge in [0.2, 0.25) is 0 Å². The number of ether oxygens (including phenoxy) is 1. The van der Waals surface area contributed by atoms with E-state index in [1.54, 1.807) is 38.1 Å². The zero-order valence-electron chi connectivity index (χ0n) is 17.5. The monoisotopic (exact) mass is 421 g/mol. The SMILES string of the molecule is Cc1noc(C)c1C(=O)OCC(=O)Nc1ccccc1C(=O)N[C@@H](C)c1ccccc1. The molecule has 0 fully saturated rings. The number of aromatic nitrogens is 1. The molecule has 1 heterocycles. The maximum Gasteiger partial charge on any atom is 0.344 e. The Balaban J connectivity index is 1.62. The molecule has 1 atom stereocenters. The summed E-state index contributed by atoms with van der Waals surface area (Å²) in [5, 5.41) is 9.22. The normalized spacial score (nSPS) is 11.5. The summed E-state index contributed by atoms with van der Waals surface area (Å²) < 4.78 is 9.98. The second-order valence-corrected chi connectivity index (χ2v) is 6.97. The fraction of sp³-hybridized carbons (Fsp3) is 0.217. The van der Waals surface area contributed by atoms with E-state index in [-0.39, 0.29) is 17.5 Å². The lowest BCUT2D eigenvalue weighted by Crippen LogP contribution is -2.28. The largest absolute Gasteiger partial charge is 0.452 e. The van der Waals surface area contributed by atoms with Gasteiger partial charge in [0.25, 0.3) is 11.8 Å². The molecule has 2 N–H and O–H groups in total. The smallest absolute Gasteiger partial charge is 0.344 e. The van der Waals surface area contributed by atoms with Crippen LogP contribution in [0.25, 0.3) is 0 Å². The Hall–Kier alpha value is -3.94. The molecule has 8 nitrogen and oxygen atoms in total. The molecule has 2 amide bonds. The second kappa shape index (κ2) is 9.71. The van der Waals surface area contributed by atoms with Crippen LogP contribution in [0.4, 0.5) is 5.69 Å². The van der Waals surface area contributed by atoms with Gasteiger partial charge in [-0.2, -0.15) is 0 Å². The summed E-state index contributed by atoms with van der Waals surface area (Å²) >= 11 is 0. The van der Waals surface area contributed by atoms with Crippen LogP contribution in [-0.4, -0.2) is 29.5 Å². The minimum absolute atomic E-state index is 0.197. The van der Waals surface area contributed by atoms with E-state index >= 15 is 0 Å². The van der Waals surface area contributed by atoms with Crippen LogP contribution in [0.3, 0.4) is 0 Å². The quantitative estimate of drug-likeness (QED) is 0.564. The maximum atomic E-state index is 12.8. The summed E-state index contributed by atoms with van der Waals surface area (Å²) in [6.45, 7) is 4.56. The van der Waals surface area contributed by atoms with Crippen LogP contribution in [0.2, 0.25) is 0 Å². The third-order valence-electron chi connectivity index (χ3n) is 4.66. The highest BCUT2D eigenvalue weighted by atomic mass is 16.5. The van der Waals surface area contributed by atoms with Crippen molar-refractivity contribution in [3.8, 4) is 0 Å². The number of carbonyl (C=O) groups is 3. The molecular weight excluding hydrogens is 398 g/mol. The molecule has 0 aliphatic heterocycles. The van der Waals surface area contributed by atoms with E-state index in [0.717, 1.165) is 5.56 Å². The highest BCUT2D eigenvalue weighted by Gasteiger charge is 2.21. The van der Waals surface area contributed by atoms with Crippen molar-refractivity contribution < 1.29 is 23.6 Å². The van der Waals surface area contributed by atoms with Crippen LogP contribution in [0.15, 0.2) is 59.1 Å². The van der Waals surface area contributed by atoms with E-state index < -0.39 is 18.5 Å². The van der Waals surface area contributed by atoms with Crippen molar-refractivity contribution in [2.45, 2.75) is 26.8 Å². The van der Waals surface area contributed by atoms with Gasteiger partial charge in [0, 0.05) is 0 Å². The van der Waals surface area contributed by atoms with Crippen LogP contribution in [0, 0.1) is 13.8 Å². The third-order valence-corrected chi connectivity index (χ3v) is 4.66. The summed E-state index contributed by atoms with van der Waals surface area (Å²) in [5.74, 6) is -1.29. The number of rotatable bonds is 7. The first-order chi connectivity index (χ1) is 14.9. The van der Waals surface area contributed by atoms with Gasteiger partial charge in [0.1, 0.15) is 11.3 Å². The molecule has 0 saturated carbocycles. The summed E-state index contributed by atoms with van der Waals surface area (Å²) in [6.07, 6.45) is 0. The minimum atomic E-state index is -0.700. The Bertz CT molecular complexity index is 1070. The molecule has 2 aromatic carbocycles. The molecular formula is C23H23N3O5. The van der Waals surface area contributed by atoms with E-state index in [2.05, 4.69) is 15.8 Å². The van der Waals surface area contributed by atoms with Crippen molar-refractivity contribution in [3.63, 3.8) is 0 Å². The van der Waals surface area contributed by atoms with Crippen molar-refractivity contribution in [2.24, 2.45) is 0 Å². The Labute approximate surface area is 179 Å². The third kappa shape index (κ3) is 5.36. The lowest BCUT2D eigenvalue weighted by molar-refractivity contribution is -0.119. The lowest BCUT2D eigenvalue weighted by Gasteiger charge is -2.16. The zero-order valence-corrected chi connectivity index (χ0v) is 17.5. The molecule has 3 rings (SSSR count). The fourth-order valence-corrected chi connectivity index (χ4v) is 3.05. The highest BCUT2D eigenvalue weighted by Crippen LogP contribution is 2.18.